The molecule has 6 heteroatoms. The van der Waals surface area contributed by atoms with Crippen molar-refractivity contribution in [2.75, 3.05) is 18.2 Å². The number of hydrogen-bond acceptors (Lipinski definition) is 4. The minimum Gasteiger partial charge on any atom is -0.495 e. The molecule has 0 radical (unpaired) electrons. The molecule has 0 atom stereocenters. The van der Waals surface area contributed by atoms with Crippen LogP contribution in [0, 0.1) is 6.92 Å². The number of carbonyl (C=O) groups excluding carboxylic acids is 1. The minimum absolute atomic E-state index is 0.173. The molecular formula is C16H22N4O2. The van der Waals surface area contributed by atoms with Gasteiger partial charge in [0.05, 0.1) is 30.1 Å². The van der Waals surface area contributed by atoms with E-state index >= 15 is 0 Å². The fourth-order valence-corrected chi connectivity index (χ4v) is 2.32. The first-order chi connectivity index (χ1) is 10.2. The van der Waals surface area contributed by atoms with Crippen molar-refractivity contribution in [3.8, 4) is 5.75 Å². The highest BCUT2D eigenvalue weighted by Crippen LogP contribution is 2.25. The van der Waals surface area contributed by atoms with Crippen LogP contribution < -0.4 is 15.8 Å². The fraction of sp³-hybridized carbons (Fsp3) is 0.375. The normalized spacial score (nSPS) is 11.3. The Morgan fingerprint density at radius 3 is 2.55 bits per heavy atom. The van der Waals surface area contributed by atoms with E-state index < -0.39 is 0 Å². The number of ether oxygens (including phenoxy) is 1. The number of nitrogens with zero attached hydrogens (tertiary/aromatic N) is 2. The smallest absolute Gasteiger partial charge is 0.259 e. The number of amides is 1. The van der Waals surface area contributed by atoms with Gasteiger partial charge in [0.2, 0.25) is 0 Å². The van der Waals surface area contributed by atoms with Gasteiger partial charge in [-0.1, -0.05) is 0 Å². The SMILES string of the molecule is COc1ccc(NC(=O)c2cnn(C(C)(C)C)c2C)cc1N. The Morgan fingerprint density at radius 2 is 2.05 bits per heavy atom. The standard InChI is InChI=1S/C16H22N4O2/c1-10-12(9-18-20(10)16(2,3)4)15(21)19-11-6-7-14(22-5)13(17)8-11/h6-9H,17H2,1-5H3,(H,19,21). The molecule has 0 aliphatic heterocycles. The highest BCUT2D eigenvalue weighted by Gasteiger charge is 2.21. The summed E-state index contributed by atoms with van der Waals surface area (Å²) in [4.78, 5) is 12.4. The van der Waals surface area contributed by atoms with Crippen LogP contribution in [0.25, 0.3) is 0 Å². The number of benzene rings is 1. The monoisotopic (exact) mass is 302 g/mol. The number of rotatable bonds is 3. The van der Waals surface area contributed by atoms with Gasteiger partial charge in [-0.15, -0.1) is 0 Å². The van der Waals surface area contributed by atoms with Crippen molar-refractivity contribution in [2.45, 2.75) is 33.2 Å². The molecule has 0 aliphatic carbocycles. The summed E-state index contributed by atoms with van der Waals surface area (Å²) in [6.45, 7) is 8.01. The van der Waals surface area contributed by atoms with E-state index in [9.17, 15) is 4.79 Å². The third-order valence-corrected chi connectivity index (χ3v) is 3.38. The van der Waals surface area contributed by atoms with E-state index in [1.54, 1.807) is 31.5 Å². The summed E-state index contributed by atoms with van der Waals surface area (Å²) in [6, 6.07) is 5.13. The van der Waals surface area contributed by atoms with Gasteiger partial charge in [0.1, 0.15) is 5.75 Å². The van der Waals surface area contributed by atoms with Gasteiger partial charge >= 0.3 is 0 Å². The predicted molar refractivity (Wildman–Crippen MR) is 87.3 cm³/mol. The average Bonchev–Trinajstić information content (AvgIpc) is 2.80. The highest BCUT2D eigenvalue weighted by atomic mass is 16.5. The number of nitrogen functional groups attached to an aromatic ring is 1. The maximum atomic E-state index is 12.4. The summed E-state index contributed by atoms with van der Waals surface area (Å²) in [5, 5.41) is 7.13. The molecule has 0 unspecified atom stereocenters. The molecule has 2 aromatic rings. The lowest BCUT2D eigenvalue weighted by molar-refractivity contribution is 0.102. The Balaban J connectivity index is 2.23. The van der Waals surface area contributed by atoms with Crippen molar-refractivity contribution < 1.29 is 9.53 Å². The zero-order valence-corrected chi connectivity index (χ0v) is 13.6. The molecule has 0 bridgehead atoms. The van der Waals surface area contributed by atoms with Gasteiger partial charge in [-0.25, -0.2) is 0 Å². The average molecular weight is 302 g/mol. The summed E-state index contributed by atoms with van der Waals surface area (Å²) in [5.74, 6) is 0.368. The Bertz CT molecular complexity index is 699. The van der Waals surface area contributed by atoms with E-state index in [4.69, 9.17) is 10.5 Å². The molecule has 0 spiro atoms. The Kier molecular flexibility index (Phi) is 4.12. The molecule has 1 heterocycles. The summed E-state index contributed by atoms with van der Waals surface area (Å²) in [5.41, 5.74) is 8.13. The molecule has 6 nitrogen and oxygen atoms in total. The third-order valence-electron chi connectivity index (χ3n) is 3.38. The van der Waals surface area contributed by atoms with Gasteiger partial charge in [-0.2, -0.15) is 5.10 Å². The van der Waals surface area contributed by atoms with Crippen LogP contribution in [0.1, 0.15) is 36.8 Å². The zero-order chi connectivity index (χ0) is 16.5. The molecule has 0 saturated heterocycles. The van der Waals surface area contributed by atoms with Crippen LogP contribution in [0.2, 0.25) is 0 Å². The van der Waals surface area contributed by atoms with E-state index in [2.05, 4.69) is 10.4 Å². The van der Waals surface area contributed by atoms with E-state index in [1.165, 1.54) is 0 Å². The van der Waals surface area contributed by atoms with Crippen molar-refractivity contribution in [1.82, 2.24) is 9.78 Å². The first kappa shape index (κ1) is 15.9. The largest absolute Gasteiger partial charge is 0.495 e. The molecule has 1 aromatic heterocycles. The first-order valence-corrected chi connectivity index (χ1v) is 7.04. The number of hydrogen-bond donors (Lipinski definition) is 2. The maximum absolute atomic E-state index is 12.4. The Labute approximate surface area is 130 Å². The predicted octanol–water partition coefficient (Wildman–Crippen LogP) is 2.79. The summed E-state index contributed by atoms with van der Waals surface area (Å²) in [7, 11) is 1.55. The van der Waals surface area contributed by atoms with Crippen molar-refractivity contribution >= 4 is 17.3 Å². The van der Waals surface area contributed by atoms with Gasteiger partial charge < -0.3 is 15.8 Å². The summed E-state index contributed by atoms with van der Waals surface area (Å²) >= 11 is 0. The van der Waals surface area contributed by atoms with E-state index in [0.29, 0.717) is 22.7 Å². The van der Waals surface area contributed by atoms with Crippen molar-refractivity contribution in [3.05, 3.63) is 35.7 Å². The van der Waals surface area contributed by atoms with Gasteiger partial charge in [-0.05, 0) is 45.9 Å². The van der Waals surface area contributed by atoms with Crippen LogP contribution in [0.15, 0.2) is 24.4 Å². The molecule has 0 aliphatic rings. The van der Waals surface area contributed by atoms with E-state index in [1.807, 2.05) is 32.4 Å². The third kappa shape index (κ3) is 3.05. The van der Waals surface area contributed by atoms with E-state index in [0.717, 1.165) is 5.69 Å². The molecule has 118 valence electrons. The van der Waals surface area contributed by atoms with Crippen molar-refractivity contribution in [3.63, 3.8) is 0 Å². The number of nitrogens with two attached hydrogens (primary N) is 1. The number of carbonyl (C=O) groups is 1. The van der Waals surface area contributed by atoms with Crippen LogP contribution in [0.5, 0.6) is 5.75 Å². The summed E-state index contributed by atoms with van der Waals surface area (Å²) in [6.07, 6.45) is 1.59. The summed E-state index contributed by atoms with van der Waals surface area (Å²) < 4.78 is 6.94. The number of aromatic nitrogens is 2. The molecule has 1 aromatic carbocycles. The first-order valence-electron chi connectivity index (χ1n) is 7.04. The number of nitrogens with one attached hydrogen (secondary N) is 1. The van der Waals surface area contributed by atoms with Gasteiger partial charge in [-0.3, -0.25) is 9.48 Å². The second-order valence-corrected chi connectivity index (χ2v) is 6.14. The van der Waals surface area contributed by atoms with Crippen molar-refractivity contribution in [1.29, 1.82) is 0 Å². The molecule has 0 saturated carbocycles. The van der Waals surface area contributed by atoms with Gasteiger partial charge in [0.15, 0.2) is 0 Å². The van der Waals surface area contributed by atoms with Crippen LogP contribution >= 0.6 is 0 Å². The van der Waals surface area contributed by atoms with Gasteiger partial charge in [0, 0.05) is 11.4 Å². The lowest BCUT2D eigenvalue weighted by Gasteiger charge is -2.21. The van der Waals surface area contributed by atoms with Crippen LogP contribution in [-0.2, 0) is 5.54 Å². The second-order valence-electron chi connectivity index (χ2n) is 6.14. The molecule has 0 fully saturated rings. The lowest BCUT2D eigenvalue weighted by Crippen LogP contribution is -2.25. The number of methoxy groups -OCH3 is 1. The van der Waals surface area contributed by atoms with Crippen molar-refractivity contribution in [2.24, 2.45) is 0 Å². The van der Waals surface area contributed by atoms with E-state index in [-0.39, 0.29) is 11.4 Å². The molecule has 2 rings (SSSR count). The molecule has 1 amide bonds. The molecule has 22 heavy (non-hydrogen) atoms. The topological polar surface area (TPSA) is 82.2 Å². The molecular weight excluding hydrogens is 280 g/mol. The highest BCUT2D eigenvalue weighted by molar-refractivity contribution is 6.05. The molecule has 3 N–H and O–H groups in total. The minimum atomic E-state index is -0.211. The maximum Gasteiger partial charge on any atom is 0.259 e. The zero-order valence-electron chi connectivity index (χ0n) is 13.6. The van der Waals surface area contributed by atoms with Crippen LogP contribution in [-0.4, -0.2) is 22.8 Å². The fourth-order valence-electron chi connectivity index (χ4n) is 2.32. The van der Waals surface area contributed by atoms with Crippen LogP contribution in [0.3, 0.4) is 0 Å². The second kappa shape index (κ2) is 5.71. The number of anilines is 2. The van der Waals surface area contributed by atoms with Crippen LogP contribution in [0.4, 0.5) is 11.4 Å². The van der Waals surface area contributed by atoms with Gasteiger partial charge in [0.25, 0.3) is 5.91 Å². The Morgan fingerprint density at radius 1 is 1.36 bits per heavy atom. The Hall–Kier alpha value is -2.50. The quantitative estimate of drug-likeness (QED) is 0.854. The lowest BCUT2D eigenvalue weighted by atomic mass is 10.1.